The van der Waals surface area contributed by atoms with Gasteiger partial charge >= 0.3 is 0 Å². The van der Waals surface area contributed by atoms with Crippen molar-refractivity contribution >= 4 is 5.91 Å². The van der Waals surface area contributed by atoms with Crippen LogP contribution in [0.2, 0.25) is 0 Å². The summed E-state index contributed by atoms with van der Waals surface area (Å²) >= 11 is 0. The van der Waals surface area contributed by atoms with Gasteiger partial charge in [-0.2, -0.15) is 0 Å². The van der Waals surface area contributed by atoms with Crippen molar-refractivity contribution in [3.8, 4) is 0 Å². The molecule has 2 heterocycles. The molecule has 4 nitrogen and oxygen atoms in total. The van der Waals surface area contributed by atoms with E-state index in [0.29, 0.717) is 23.7 Å². The van der Waals surface area contributed by atoms with Gasteiger partial charge < -0.3 is 14.5 Å². The summed E-state index contributed by atoms with van der Waals surface area (Å²) in [5.41, 5.74) is 0.00749. The van der Waals surface area contributed by atoms with Crippen molar-refractivity contribution in [3.05, 3.63) is 0 Å². The van der Waals surface area contributed by atoms with Crippen molar-refractivity contribution in [3.63, 3.8) is 0 Å². The van der Waals surface area contributed by atoms with Gasteiger partial charge in [0.2, 0.25) is 5.91 Å². The van der Waals surface area contributed by atoms with Crippen molar-refractivity contribution in [1.29, 1.82) is 0 Å². The summed E-state index contributed by atoms with van der Waals surface area (Å²) in [5.74, 6) is 1.98. The lowest BCUT2D eigenvalue weighted by Gasteiger charge is -2.53. The normalized spacial score (nSPS) is 34.1. The first-order valence-electron chi connectivity index (χ1n) is 8.72. The Morgan fingerprint density at radius 2 is 2.00 bits per heavy atom. The number of ether oxygens (including phenoxy) is 1. The molecule has 2 aliphatic heterocycles. The maximum atomic E-state index is 12.2. The zero-order chi connectivity index (χ0) is 15.0. The van der Waals surface area contributed by atoms with Crippen molar-refractivity contribution in [2.45, 2.75) is 45.6 Å². The molecule has 2 saturated heterocycles. The fourth-order valence-electron chi connectivity index (χ4n) is 3.86. The Kier molecular flexibility index (Phi) is 4.28. The maximum absolute atomic E-state index is 12.2. The van der Waals surface area contributed by atoms with Gasteiger partial charge in [-0.1, -0.05) is 20.8 Å². The molecule has 0 bridgehead atoms. The lowest BCUT2D eigenvalue weighted by molar-refractivity contribution is -0.190. The van der Waals surface area contributed by atoms with Gasteiger partial charge in [-0.25, -0.2) is 0 Å². The van der Waals surface area contributed by atoms with Gasteiger partial charge in [0.05, 0.1) is 19.7 Å². The Morgan fingerprint density at radius 1 is 1.33 bits per heavy atom. The fraction of sp³-hybridized carbons (Fsp3) is 0.941. The molecule has 0 N–H and O–H groups in total. The van der Waals surface area contributed by atoms with Gasteiger partial charge in [0.25, 0.3) is 0 Å². The third kappa shape index (κ3) is 3.11. The highest BCUT2D eigenvalue weighted by molar-refractivity contribution is 5.82. The van der Waals surface area contributed by atoms with Gasteiger partial charge in [-0.15, -0.1) is 0 Å². The molecule has 120 valence electrons. The molecular formula is C17H30N2O2. The molecule has 3 aliphatic rings. The number of hydrogen-bond acceptors (Lipinski definition) is 3. The predicted molar refractivity (Wildman–Crippen MR) is 83.0 cm³/mol. The lowest BCUT2D eigenvalue weighted by Crippen LogP contribution is -2.66. The number of carbonyl (C=O) groups excluding carboxylic acids is 1. The van der Waals surface area contributed by atoms with Crippen molar-refractivity contribution < 1.29 is 9.53 Å². The summed E-state index contributed by atoms with van der Waals surface area (Å²) in [6.07, 6.45) is 3.47. The summed E-state index contributed by atoms with van der Waals surface area (Å²) in [6, 6.07) is 0. The first kappa shape index (κ1) is 15.3. The van der Waals surface area contributed by atoms with E-state index in [1.54, 1.807) is 0 Å². The van der Waals surface area contributed by atoms with E-state index in [0.717, 1.165) is 52.2 Å². The molecule has 0 radical (unpaired) electrons. The Bertz CT molecular complexity index is 378. The summed E-state index contributed by atoms with van der Waals surface area (Å²) in [7, 11) is 0. The molecule has 4 heteroatoms. The first-order valence-corrected chi connectivity index (χ1v) is 8.72. The molecule has 1 amide bonds. The molecule has 3 rings (SSSR count). The molecular weight excluding hydrogens is 264 g/mol. The van der Waals surface area contributed by atoms with E-state index in [1.165, 1.54) is 6.42 Å². The Morgan fingerprint density at radius 3 is 2.48 bits per heavy atom. The number of hydrogen-bond donors (Lipinski definition) is 0. The highest BCUT2D eigenvalue weighted by Gasteiger charge is 2.52. The highest BCUT2D eigenvalue weighted by Crippen LogP contribution is 2.43. The van der Waals surface area contributed by atoms with Crippen LogP contribution in [-0.4, -0.2) is 60.6 Å². The fourth-order valence-corrected chi connectivity index (χ4v) is 3.86. The van der Waals surface area contributed by atoms with Crippen molar-refractivity contribution in [1.82, 2.24) is 9.80 Å². The van der Waals surface area contributed by atoms with Crippen LogP contribution in [0, 0.1) is 17.8 Å². The van der Waals surface area contributed by atoms with Crippen LogP contribution in [-0.2, 0) is 9.53 Å². The average Bonchev–Trinajstić information content (AvgIpc) is 3.19. The average molecular weight is 294 g/mol. The Balaban J connectivity index is 1.41. The van der Waals surface area contributed by atoms with Gasteiger partial charge in [-0.05, 0) is 44.2 Å². The SMILES string of the molecule is CCN(CC)C[C@@H]1CCC2(CN(C(=O)[C@H]3C[C@@H]3C)C2)OC1. The molecule has 3 atom stereocenters. The van der Waals surface area contributed by atoms with E-state index in [2.05, 4.69) is 25.7 Å². The Hall–Kier alpha value is -0.610. The zero-order valence-corrected chi connectivity index (χ0v) is 13.8. The standard InChI is InChI=1S/C17H30N2O2/c1-4-18(5-2)9-14-6-7-17(21-10-14)11-19(12-17)16(20)15-8-13(15)3/h13-15H,4-12H2,1-3H3/t13-,14-,15-/m0/s1. The van der Waals surface area contributed by atoms with Crippen LogP contribution >= 0.6 is 0 Å². The number of likely N-dealkylation sites (tertiary alicyclic amines) is 1. The largest absolute Gasteiger partial charge is 0.371 e. The molecule has 1 aliphatic carbocycles. The van der Waals surface area contributed by atoms with Crippen LogP contribution < -0.4 is 0 Å². The summed E-state index contributed by atoms with van der Waals surface area (Å²) in [4.78, 5) is 16.7. The van der Waals surface area contributed by atoms with Gasteiger partial charge in [0.1, 0.15) is 5.60 Å². The number of amides is 1. The minimum atomic E-state index is 0.00749. The van der Waals surface area contributed by atoms with E-state index in [-0.39, 0.29) is 5.60 Å². The smallest absolute Gasteiger partial charge is 0.226 e. The Labute approximate surface area is 128 Å². The maximum Gasteiger partial charge on any atom is 0.226 e. The second-order valence-corrected chi connectivity index (χ2v) is 7.40. The highest BCUT2D eigenvalue weighted by atomic mass is 16.5. The molecule has 0 aromatic heterocycles. The van der Waals surface area contributed by atoms with Crippen LogP contribution in [0.25, 0.3) is 0 Å². The van der Waals surface area contributed by atoms with E-state index in [1.807, 2.05) is 4.90 Å². The minimum Gasteiger partial charge on any atom is -0.371 e. The molecule has 1 spiro atoms. The van der Waals surface area contributed by atoms with E-state index in [4.69, 9.17) is 4.74 Å². The van der Waals surface area contributed by atoms with Crippen LogP contribution in [0.5, 0.6) is 0 Å². The van der Waals surface area contributed by atoms with Crippen LogP contribution in [0.4, 0.5) is 0 Å². The number of nitrogens with zero attached hydrogens (tertiary/aromatic N) is 2. The predicted octanol–water partition coefficient (Wildman–Crippen LogP) is 1.99. The van der Waals surface area contributed by atoms with Crippen LogP contribution in [0.15, 0.2) is 0 Å². The summed E-state index contributed by atoms with van der Waals surface area (Å²) in [5, 5.41) is 0. The molecule has 0 aromatic carbocycles. The quantitative estimate of drug-likeness (QED) is 0.777. The van der Waals surface area contributed by atoms with Gasteiger partial charge in [0, 0.05) is 12.5 Å². The second kappa shape index (κ2) is 5.88. The molecule has 21 heavy (non-hydrogen) atoms. The summed E-state index contributed by atoms with van der Waals surface area (Å²) in [6.45, 7) is 12.6. The minimum absolute atomic E-state index is 0.00749. The van der Waals surface area contributed by atoms with E-state index < -0.39 is 0 Å². The van der Waals surface area contributed by atoms with Gasteiger partial charge in [0.15, 0.2) is 0 Å². The van der Waals surface area contributed by atoms with Gasteiger partial charge in [-0.3, -0.25) is 4.79 Å². The van der Waals surface area contributed by atoms with Crippen LogP contribution in [0.1, 0.15) is 40.0 Å². The third-order valence-corrected chi connectivity index (χ3v) is 5.74. The zero-order valence-electron chi connectivity index (χ0n) is 13.8. The van der Waals surface area contributed by atoms with E-state index in [9.17, 15) is 4.79 Å². The number of rotatable bonds is 5. The van der Waals surface area contributed by atoms with Crippen molar-refractivity contribution in [2.24, 2.45) is 17.8 Å². The van der Waals surface area contributed by atoms with E-state index >= 15 is 0 Å². The summed E-state index contributed by atoms with van der Waals surface area (Å²) < 4.78 is 6.19. The monoisotopic (exact) mass is 294 g/mol. The molecule has 0 unspecified atom stereocenters. The lowest BCUT2D eigenvalue weighted by atomic mass is 9.82. The molecule has 1 saturated carbocycles. The number of carbonyl (C=O) groups is 1. The molecule has 0 aromatic rings. The first-order chi connectivity index (χ1) is 10.1. The second-order valence-electron chi connectivity index (χ2n) is 7.40. The molecule has 3 fully saturated rings. The van der Waals surface area contributed by atoms with Crippen LogP contribution in [0.3, 0.4) is 0 Å². The third-order valence-electron chi connectivity index (χ3n) is 5.74. The topological polar surface area (TPSA) is 32.8 Å². The van der Waals surface area contributed by atoms with Crippen molar-refractivity contribution in [2.75, 3.05) is 39.3 Å².